The highest BCUT2D eigenvalue weighted by molar-refractivity contribution is 5.77. The van der Waals surface area contributed by atoms with Gasteiger partial charge in [0.15, 0.2) is 0 Å². The molecule has 2 aromatic carbocycles. The van der Waals surface area contributed by atoms with Gasteiger partial charge in [0.2, 0.25) is 0 Å². The van der Waals surface area contributed by atoms with Crippen molar-refractivity contribution in [2.24, 2.45) is 0 Å². The zero-order valence-electron chi connectivity index (χ0n) is 12.8. The molecule has 1 N–H and O–H groups in total. The van der Waals surface area contributed by atoms with Crippen LogP contribution >= 0.6 is 0 Å². The van der Waals surface area contributed by atoms with Crippen LogP contribution in [-0.4, -0.2) is 13.7 Å². The molecule has 0 heterocycles. The zero-order chi connectivity index (χ0) is 14.5. The minimum absolute atomic E-state index is 0.878. The number of nitrogens with one attached hydrogen (secondary N) is 1. The molecule has 0 aliphatic rings. The third-order valence-corrected chi connectivity index (χ3v) is 3.52. The van der Waals surface area contributed by atoms with E-state index in [9.17, 15) is 0 Å². The smallest absolute Gasteiger partial charge is 0.127 e. The molecule has 0 radical (unpaired) electrons. The topological polar surface area (TPSA) is 21.3 Å². The second-order valence-corrected chi connectivity index (χ2v) is 5.10. The summed E-state index contributed by atoms with van der Waals surface area (Å²) >= 11 is 0. The molecule has 2 rings (SSSR count). The lowest BCUT2D eigenvalue weighted by molar-refractivity contribution is 0.416. The number of aryl methyl sites for hydroxylation is 2. The lowest BCUT2D eigenvalue weighted by Gasteiger charge is -2.16. The van der Waals surface area contributed by atoms with Crippen LogP contribution in [-0.2, 0) is 6.54 Å². The van der Waals surface area contributed by atoms with Crippen molar-refractivity contribution in [3.05, 3.63) is 53.1 Å². The van der Waals surface area contributed by atoms with Gasteiger partial charge in [0, 0.05) is 12.1 Å². The van der Waals surface area contributed by atoms with E-state index in [1.54, 1.807) is 7.11 Å². The number of benzene rings is 2. The zero-order valence-corrected chi connectivity index (χ0v) is 12.8. The highest BCUT2D eigenvalue weighted by Gasteiger charge is 2.13. The number of hydrogen-bond donors (Lipinski definition) is 1. The summed E-state index contributed by atoms with van der Waals surface area (Å²) in [5, 5.41) is 3.40. The Hall–Kier alpha value is -1.80. The summed E-state index contributed by atoms with van der Waals surface area (Å²) in [5.74, 6) is 0.950. The maximum Gasteiger partial charge on any atom is 0.127 e. The van der Waals surface area contributed by atoms with Crippen LogP contribution in [0.2, 0.25) is 0 Å². The van der Waals surface area contributed by atoms with E-state index in [1.165, 1.54) is 27.8 Å². The third kappa shape index (κ3) is 3.02. The van der Waals surface area contributed by atoms with Crippen molar-refractivity contribution in [3.63, 3.8) is 0 Å². The number of hydrogen-bond acceptors (Lipinski definition) is 2. The first-order chi connectivity index (χ1) is 9.67. The molecule has 0 bridgehead atoms. The van der Waals surface area contributed by atoms with E-state index in [-0.39, 0.29) is 0 Å². The largest absolute Gasteiger partial charge is 0.496 e. The molecule has 0 atom stereocenters. The molecule has 0 amide bonds. The molecule has 2 aromatic rings. The van der Waals surface area contributed by atoms with Gasteiger partial charge < -0.3 is 10.1 Å². The predicted molar refractivity (Wildman–Crippen MR) is 85.3 cm³/mol. The van der Waals surface area contributed by atoms with Gasteiger partial charge in [-0.25, -0.2) is 0 Å². The van der Waals surface area contributed by atoms with Crippen molar-refractivity contribution < 1.29 is 4.74 Å². The lowest BCUT2D eigenvalue weighted by atomic mass is 9.93. The summed E-state index contributed by atoms with van der Waals surface area (Å²) in [7, 11) is 1.74. The molecule has 0 unspecified atom stereocenters. The van der Waals surface area contributed by atoms with Crippen LogP contribution in [0.1, 0.15) is 23.6 Å². The Morgan fingerprint density at radius 2 is 1.85 bits per heavy atom. The third-order valence-electron chi connectivity index (χ3n) is 3.52. The number of methoxy groups -OCH3 is 1. The summed E-state index contributed by atoms with van der Waals surface area (Å²) < 4.78 is 5.60. The molecule has 0 aromatic heterocycles. The maximum absolute atomic E-state index is 5.60. The van der Waals surface area contributed by atoms with Crippen LogP contribution in [0.5, 0.6) is 5.75 Å². The Balaban J connectivity index is 2.56. The Morgan fingerprint density at radius 3 is 2.55 bits per heavy atom. The predicted octanol–water partition coefficient (Wildman–Crippen LogP) is 4.09. The van der Waals surface area contributed by atoms with E-state index in [2.05, 4.69) is 62.5 Å². The Bertz CT molecular complexity index is 590. The van der Waals surface area contributed by atoms with Gasteiger partial charge in [0.25, 0.3) is 0 Å². The van der Waals surface area contributed by atoms with Crippen molar-refractivity contribution in [3.8, 4) is 16.9 Å². The quantitative estimate of drug-likeness (QED) is 0.882. The van der Waals surface area contributed by atoms with E-state index in [4.69, 9.17) is 4.74 Å². The average Bonchev–Trinajstić information content (AvgIpc) is 2.45. The van der Waals surface area contributed by atoms with Crippen LogP contribution < -0.4 is 10.1 Å². The van der Waals surface area contributed by atoms with Crippen LogP contribution in [0.25, 0.3) is 11.1 Å². The van der Waals surface area contributed by atoms with Gasteiger partial charge in [-0.1, -0.05) is 37.3 Å². The van der Waals surface area contributed by atoms with Crippen molar-refractivity contribution in [2.45, 2.75) is 27.3 Å². The second kappa shape index (κ2) is 6.58. The summed E-state index contributed by atoms with van der Waals surface area (Å²) in [6, 6.07) is 12.8. The molecule has 0 aliphatic heterocycles. The first kappa shape index (κ1) is 14.6. The van der Waals surface area contributed by atoms with E-state index in [0.29, 0.717) is 0 Å². The molecule has 0 saturated carbocycles. The molecule has 106 valence electrons. The van der Waals surface area contributed by atoms with Crippen molar-refractivity contribution >= 4 is 0 Å². The second-order valence-electron chi connectivity index (χ2n) is 5.10. The molecule has 0 saturated heterocycles. The van der Waals surface area contributed by atoms with Gasteiger partial charge in [0.1, 0.15) is 5.75 Å². The van der Waals surface area contributed by atoms with Crippen LogP contribution in [0, 0.1) is 13.8 Å². The minimum atomic E-state index is 0.878. The molecule has 20 heavy (non-hydrogen) atoms. The van der Waals surface area contributed by atoms with Crippen molar-refractivity contribution in [1.29, 1.82) is 0 Å². The fraction of sp³-hybridized carbons (Fsp3) is 0.333. The monoisotopic (exact) mass is 269 g/mol. The van der Waals surface area contributed by atoms with E-state index >= 15 is 0 Å². The van der Waals surface area contributed by atoms with E-state index in [0.717, 1.165) is 18.8 Å². The lowest BCUT2D eigenvalue weighted by Crippen LogP contribution is -2.12. The van der Waals surface area contributed by atoms with Gasteiger partial charge in [-0.05, 0) is 48.7 Å². The summed E-state index contributed by atoms with van der Waals surface area (Å²) in [5.41, 5.74) is 6.24. The average molecular weight is 269 g/mol. The van der Waals surface area contributed by atoms with Crippen LogP contribution in [0.3, 0.4) is 0 Å². The fourth-order valence-corrected chi connectivity index (χ4v) is 2.61. The van der Waals surface area contributed by atoms with Crippen LogP contribution in [0.4, 0.5) is 0 Å². The van der Waals surface area contributed by atoms with Crippen LogP contribution in [0.15, 0.2) is 36.4 Å². The number of rotatable bonds is 5. The molecule has 0 spiro atoms. The van der Waals surface area contributed by atoms with Gasteiger partial charge in [-0.3, -0.25) is 0 Å². The van der Waals surface area contributed by atoms with Gasteiger partial charge in [0.05, 0.1) is 7.11 Å². The fourth-order valence-electron chi connectivity index (χ4n) is 2.61. The minimum Gasteiger partial charge on any atom is -0.496 e. The first-order valence-corrected chi connectivity index (χ1v) is 7.11. The highest BCUT2D eigenvalue weighted by atomic mass is 16.5. The standard InChI is InChI=1S/C18H23NO/c1-5-19-12-15-8-6-7-9-16(15)18-14(3)10-13(2)11-17(18)20-4/h6-11,19H,5,12H2,1-4H3. The Labute approximate surface area is 121 Å². The van der Waals surface area contributed by atoms with E-state index in [1.807, 2.05) is 0 Å². The first-order valence-electron chi connectivity index (χ1n) is 7.11. The van der Waals surface area contributed by atoms with E-state index < -0.39 is 0 Å². The molecular weight excluding hydrogens is 246 g/mol. The Morgan fingerprint density at radius 1 is 1.10 bits per heavy atom. The maximum atomic E-state index is 5.60. The van der Waals surface area contributed by atoms with Crippen molar-refractivity contribution in [2.75, 3.05) is 13.7 Å². The molecule has 2 heteroatoms. The summed E-state index contributed by atoms with van der Waals surface area (Å²) in [6.07, 6.45) is 0. The SMILES string of the molecule is CCNCc1ccccc1-c1c(C)cc(C)cc1OC. The molecular formula is C18H23NO. The van der Waals surface area contributed by atoms with Gasteiger partial charge >= 0.3 is 0 Å². The van der Waals surface area contributed by atoms with Crippen molar-refractivity contribution in [1.82, 2.24) is 5.32 Å². The highest BCUT2D eigenvalue weighted by Crippen LogP contribution is 2.36. The van der Waals surface area contributed by atoms with Gasteiger partial charge in [-0.15, -0.1) is 0 Å². The molecule has 0 aliphatic carbocycles. The number of ether oxygens (including phenoxy) is 1. The van der Waals surface area contributed by atoms with Gasteiger partial charge in [-0.2, -0.15) is 0 Å². The summed E-state index contributed by atoms with van der Waals surface area (Å²) in [4.78, 5) is 0. The normalized spacial score (nSPS) is 10.6. The molecule has 2 nitrogen and oxygen atoms in total. The Kier molecular flexibility index (Phi) is 4.80. The summed E-state index contributed by atoms with van der Waals surface area (Å²) in [6.45, 7) is 8.22. The molecule has 0 fully saturated rings.